The molecule has 10 nitrogen and oxygen atoms in total. The predicted octanol–water partition coefficient (Wildman–Crippen LogP) is 4.24. The molecule has 2 aromatic heterocycles. The number of halogens is 1. The number of rotatable bonds is 6. The fourth-order valence-corrected chi connectivity index (χ4v) is 6.04. The zero-order valence-electron chi connectivity index (χ0n) is 21.0. The Morgan fingerprint density at radius 1 is 1.13 bits per heavy atom. The molecule has 6 rings (SSSR count). The van der Waals surface area contributed by atoms with E-state index in [0.717, 1.165) is 36.9 Å². The van der Waals surface area contributed by atoms with E-state index in [4.69, 9.17) is 25.8 Å². The van der Waals surface area contributed by atoms with Gasteiger partial charge in [0.2, 0.25) is 5.28 Å². The van der Waals surface area contributed by atoms with Gasteiger partial charge in [0.05, 0.1) is 17.1 Å². The van der Waals surface area contributed by atoms with Crippen LogP contribution in [0.5, 0.6) is 0 Å². The van der Waals surface area contributed by atoms with Gasteiger partial charge < -0.3 is 19.1 Å². The van der Waals surface area contributed by atoms with E-state index >= 15 is 0 Å². The highest BCUT2D eigenvalue weighted by molar-refractivity contribution is 6.28. The van der Waals surface area contributed by atoms with Crippen molar-refractivity contribution in [3.05, 3.63) is 59.5 Å². The number of esters is 2. The first-order valence-electron chi connectivity index (χ1n) is 12.8. The predicted molar refractivity (Wildman–Crippen MR) is 139 cm³/mol. The molecule has 0 amide bonds. The van der Waals surface area contributed by atoms with Gasteiger partial charge in [-0.2, -0.15) is 15.1 Å². The summed E-state index contributed by atoms with van der Waals surface area (Å²) in [5, 5.41) is 5.44. The second-order valence-corrected chi connectivity index (χ2v) is 10.3. The Hall–Kier alpha value is -3.50. The van der Waals surface area contributed by atoms with Crippen LogP contribution in [0.4, 0.5) is 5.82 Å². The fourth-order valence-electron chi connectivity index (χ4n) is 5.88. The van der Waals surface area contributed by atoms with E-state index in [1.54, 1.807) is 35.1 Å². The first kappa shape index (κ1) is 24.8. The van der Waals surface area contributed by atoms with E-state index < -0.39 is 30.4 Å². The Balaban J connectivity index is 1.30. The molecule has 3 fully saturated rings. The smallest absolute Gasteiger partial charge is 0.338 e. The van der Waals surface area contributed by atoms with Gasteiger partial charge in [0.1, 0.15) is 18.5 Å². The second-order valence-electron chi connectivity index (χ2n) is 9.95. The molecule has 2 bridgehead atoms. The number of nitrogens with zero attached hydrogens (tertiary/aromatic N) is 5. The summed E-state index contributed by atoms with van der Waals surface area (Å²) >= 11 is 6.42. The third kappa shape index (κ3) is 4.41. The highest BCUT2D eigenvalue weighted by atomic mass is 35.5. The fraction of sp³-hybridized carbons (Fsp3) is 0.444. The minimum Gasteiger partial charge on any atom is -0.459 e. The molecule has 2 unspecified atom stereocenters. The third-order valence-corrected chi connectivity index (χ3v) is 7.77. The molecule has 0 aliphatic carbocycles. The number of hydrogen-bond donors (Lipinski definition) is 0. The van der Waals surface area contributed by atoms with E-state index in [-0.39, 0.29) is 11.9 Å². The average molecular weight is 538 g/mol. The van der Waals surface area contributed by atoms with Gasteiger partial charge in [-0.15, -0.1) is 0 Å². The maximum atomic E-state index is 12.5. The Kier molecular flexibility index (Phi) is 6.53. The number of hydrogen-bond acceptors (Lipinski definition) is 9. The monoisotopic (exact) mass is 537 g/mol. The number of benzene rings is 1. The second kappa shape index (κ2) is 9.99. The molecular weight excluding hydrogens is 510 g/mol. The maximum absolute atomic E-state index is 12.5. The van der Waals surface area contributed by atoms with Crippen LogP contribution in [-0.2, 0) is 19.0 Å². The van der Waals surface area contributed by atoms with Gasteiger partial charge in [-0.25, -0.2) is 9.48 Å². The summed E-state index contributed by atoms with van der Waals surface area (Å²) in [6.45, 7) is 5.31. The van der Waals surface area contributed by atoms with Crippen LogP contribution in [0.2, 0.25) is 5.28 Å². The Labute approximate surface area is 224 Å². The van der Waals surface area contributed by atoms with Gasteiger partial charge in [0.25, 0.3) is 0 Å². The normalized spacial score (nSPS) is 26.6. The molecule has 1 aromatic carbocycles. The molecule has 5 heterocycles. The number of aromatic nitrogens is 4. The molecule has 3 aliphatic rings. The molecule has 5 atom stereocenters. The lowest BCUT2D eigenvalue weighted by molar-refractivity contribution is -0.151. The first-order chi connectivity index (χ1) is 18.4. The van der Waals surface area contributed by atoms with Crippen LogP contribution in [0.3, 0.4) is 0 Å². The van der Waals surface area contributed by atoms with Crippen molar-refractivity contribution in [3.8, 4) is 0 Å². The molecule has 38 heavy (non-hydrogen) atoms. The zero-order valence-corrected chi connectivity index (χ0v) is 21.7. The minimum absolute atomic E-state index is 0.0991. The summed E-state index contributed by atoms with van der Waals surface area (Å²) in [5.41, 5.74) is 1.36. The standard InChI is InChI=1S/C27H28ClN5O5/c1-15-21(14-36-26(35)17-7-4-3-5-8-17)38-25(22(15)37-16(2)34)33-24-20(13-29-33)23(30-27(28)31-24)32-18-9-6-10-19(32)12-11-18/h3-5,7-8,13,18-19,21-22,25H,1,6,9-12,14H2,2H3/t18?,19?,21-,22-,25-/m1/s1. The molecular formula is C27H28ClN5O5. The SMILES string of the molecule is C=C1[C@@H](OC(C)=O)[C@H](n2ncc3c(N4C5CCCC4CC5)nc(Cl)nc32)O[C@@H]1COC(=O)c1ccccc1. The number of anilines is 1. The molecule has 11 heteroatoms. The quantitative estimate of drug-likeness (QED) is 0.259. The summed E-state index contributed by atoms with van der Waals surface area (Å²) in [6, 6.07) is 9.52. The minimum atomic E-state index is -0.874. The average Bonchev–Trinajstić information content (AvgIpc) is 3.53. The number of ether oxygens (including phenoxy) is 3. The highest BCUT2D eigenvalue weighted by Gasteiger charge is 2.45. The van der Waals surface area contributed by atoms with Gasteiger partial charge in [-0.3, -0.25) is 4.79 Å². The molecule has 3 aromatic rings. The summed E-state index contributed by atoms with van der Waals surface area (Å²) < 4.78 is 18.9. The topological polar surface area (TPSA) is 109 Å². The van der Waals surface area contributed by atoms with Crippen LogP contribution in [0, 0.1) is 0 Å². The van der Waals surface area contributed by atoms with Crippen molar-refractivity contribution in [1.82, 2.24) is 19.7 Å². The number of carbonyl (C=O) groups excluding carboxylic acids is 2. The van der Waals surface area contributed by atoms with Gasteiger partial charge in [-0.05, 0) is 61.4 Å². The van der Waals surface area contributed by atoms with E-state index in [1.807, 2.05) is 6.07 Å². The summed E-state index contributed by atoms with van der Waals surface area (Å²) in [7, 11) is 0. The van der Waals surface area contributed by atoms with E-state index in [9.17, 15) is 9.59 Å². The molecule has 0 radical (unpaired) electrons. The number of carbonyl (C=O) groups is 2. The van der Waals surface area contributed by atoms with Crippen molar-refractivity contribution in [2.24, 2.45) is 0 Å². The van der Waals surface area contributed by atoms with Crippen molar-refractivity contribution in [2.75, 3.05) is 11.5 Å². The number of fused-ring (bicyclic) bond motifs is 3. The van der Waals surface area contributed by atoms with Gasteiger partial charge in [0.15, 0.2) is 18.0 Å². The Morgan fingerprint density at radius 3 is 2.58 bits per heavy atom. The highest BCUT2D eigenvalue weighted by Crippen LogP contribution is 2.42. The van der Waals surface area contributed by atoms with Crippen LogP contribution in [-0.4, -0.2) is 62.6 Å². The maximum Gasteiger partial charge on any atom is 0.338 e. The Morgan fingerprint density at radius 2 is 1.87 bits per heavy atom. The summed E-state index contributed by atoms with van der Waals surface area (Å²) in [4.78, 5) is 35.9. The lowest BCUT2D eigenvalue weighted by Crippen LogP contribution is -2.40. The van der Waals surface area contributed by atoms with Crippen molar-refractivity contribution in [3.63, 3.8) is 0 Å². The summed E-state index contributed by atoms with van der Waals surface area (Å²) in [6.07, 6.45) is 4.97. The van der Waals surface area contributed by atoms with E-state index in [2.05, 4.69) is 26.5 Å². The molecule has 0 N–H and O–H groups in total. The van der Waals surface area contributed by atoms with Crippen LogP contribution in [0.1, 0.15) is 55.6 Å². The van der Waals surface area contributed by atoms with Gasteiger partial charge in [-0.1, -0.05) is 24.8 Å². The largest absolute Gasteiger partial charge is 0.459 e. The van der Waals surface area contributed by atoms with Crippen LogP contribution >= 0.6 is 11.6 Å². The lowest BCUT2D eigenvalue weighted by Gasteiger charge is -2.36. The van der Waals surface area contributed by atoms with Crippen LogP contribution < -0.4 is 4.90 Å². The summed E-state index contributed by atoms with van der Waals surface area (Å²) in [5.74, 6) is -0.214. The van der Waals surface area contributed by atoms with E-state index in [1.165, 1.54) is 13.3 Å². The van der Waals surface area contributed by atoms with Gasteiger partial charge in [0, 0.05) is 19.0 Å². The lowest BCUT2D eigenvalue weighted by atomic mass is 10.0. The van der Waals surface area contributed by atoms with Crippen molar-refractivity contribution < 1.29 is 23.8 Å². The van der Waals surface area contributed by atoms with Crippen molar-refractivity contribution in [1.29, 1.82) is 0 Å². The first-order valence-corrected chi connectivity index (χ1v) is 13.2. The molecule has 3 saturated heterocycles. The Bertz CT molecular complexity index is 1380. The molecule has 198 valence electrons. The number of piperidine rings is 1. The molecule has 3 aliphatic heterocycles. The van der Waals surface area contributed by atoms with Crippen molar-refractivity contribution in [2.45, 2.75) is 69.5 Å². The van der Waals surface area contributed by atoms with E-state index in [0.29, 0.717) is 28.9 Å². The van der Waals surface area contributed by atoms with Crippen LogP contribution in [0.15, 0.2) is 48.7 Å². The van der Waals surface area contributed by atoms with Gasteiger partial charge >= 0.3 is 11.9 Å². The van der Waals surface area contributed by atoms with Crippen molar-refractivity contribution >= 4 is 40.4 Å². The molecule has 0 saturated carbocycles. The zero-order chi connectivity index (χ0) is 26.4. The molecule has 0 spiro atoms. The van der Waals surface area contributed by atoms with Crippen LogP contribution in [0.25, 0.3) is 11.0 Å². The third-order valence-electron chi connectivity index (χ3n) is 7.60.